The predicted octanol–water partition coefficient (Wildman–Crippen LogP) is 1.09. The molecule has 1 aromatic rings. The fourth-order valence-electron chi connectivity index (χ4n) is 1.21. The molecule has 0 aromatic heterocycles. The lowest BCUT2D eigenvalue weighted by Gasteiger charge is -1.97. The van der Waals surface area contributed by atoms with Crippen molar-refractivity contribution in [1.82, 2.24) is 0 Å². The lowest BCUT2D eigenvalue weighted by molar-refractivity contribution is -0.141. The molecule has 0 radical (unpaired) electrons. The topological polar surface area (TPSA) is 84.9 Å². The van der Waals surface area contributed by atoms with Crippen molar-refractivity contribution in [3.8, 4) is 11.8 Å². The Morgan fingerprint density at radius 2 is 2.11 bits per heavy atom. The average molecular weight is 246 g/mol. The third-order valence-corrected chi connectivity index (χ3v) is 2.06. The summed E-state index contributed by atoms with van der Waals surface area (Å²) in [5.74, 6) is 5.25. The second-order valence-electron chi connectivity index (χ2n) is 3.35. The second kappa shape index (κ2) is 6.97. The van der Waals surface area contributed by atoms with Crippen LogP contribution in [0.2, 0.25) is 0 Å². The number of rotatable bonds is 3. The molecule has 18 heavy (non-hydrogen) atoms. The van der Waals surface area contributed by atoms with Gasteiger partial charge < -0.3 is 15.7 Å². The summed E-state index contributed by atoms with van der Waals surface area (Å²) < 4.78 is 4.74. The molecule has 1 aromatic carbocycles. The first-order valence-electron chi connectivity index (χ1n) is 5.39. The summed E-state index contributed by atoms with van der Waals surface area (Å²) in [4.78, 5) is 11.0. The minimum atomic E-state index is -0.335. The largest absolute Gasteiger partial charge is 0.465 e. The number of nitrogens with zero attached hydrogens (tertiary/aromatic N) is 1. The van der Waals surface area contributed by atoms with E-state index in [2.05, 4.69) is 17.0 Å². The Morgan fingerprint density at radius 3 is 2.67 bits per heavy atom. The molecule has 5 nitrogen and oxygen atoms in total. The molecule has 0 bridgehead atoms. The van der Waals surface area contributed by atoms with Gasteiger partial charge in [0, 0.05) is 11.1 Å². The van der Waals surface area contributed by atoms with Crippen LogP contribution >= 0.6 is 0 Å². The molecule has 3 N–H and O–H groups in total. The van der Waals surface area contributed by atoms with Gasteiger partial charge in [-0.2, -0.15) is 0 Å². The Labute approximate surface area is 105 Å². The Balaban J connectivity index is 2.64. The summed E-state index contributed by atoms with van der Waals surface area (Å²) in [7, 11) is 0. The Bertz CT molecular complexity index is 495. The van der Waals surface area contributed by atoms with Gasteiger partial charge in [-0.1, -0.05) is 17.0 Å². The summed E-state index contributed by atoms with van der Waals surface area (Å²) >= 11 is 0. The lowest BCUT2D eigenvalue weighted by atomic mass is 10.1. The number of benzene rings is 1. The minimum absolute atomic E-state index is 0.0426. The highest BCUT2D eigenvalue weighted by Crippen LogP contribution is 2.03. The van der Waals surface area contributed by atoms with Gasteiger partial charge in [-0.25, -0.2) is 0 Å². The summed E-state index contributed by atoms with van der Waals surface area (Å²) in [5, 5.41) is 11.4. The van der Waals surface area contributed by atoms with Gasteiger partial charge in [0.25, 0.3) is 0 Å². The molecule has 0 aliphatic carbocycles. The van der Waals surface area contributed by atoms with Gasteiger partial charge in [-0.15, -0.1) is 0 Å². The molecule has 0 heterocycles. The van der Waals surface area contributed by atoms with Crippen LogP contribution in [0.4, 0.5) is 0 Å². The fraction of sp³-hybridized carbons (Fsp3) is 0.231. The van der Waals surface area contributed by atoms with E-state index < -0.39 is 0 Å². The molecular formula is C13H14N2O3. The Morgan fingerprint density at radius 1 is 1.44 bits per heavy atom. The van der Waals surface area contributed by atoms with E-state index in [4.69, 9.17) is 15.7 Å². The number of carbonyl (C=O) groups is 1. The Kier molecular flexibility index (Phi) is 5.26. The number of ether oxygens (including phenoxy) is 1. The molecule has 0 atom stereocenters. The van der Waals surface area contributed by atoms with Crippen molar-refractivity contribution in [2.75, 3.05) is 6.61 Å². The van der Waals surface area contributed by atoms with Gasteiger partial charge in [-0.3, -0.25) is 4.79 Å². The van der Waals surface area contributed by atoms with Crippen LogP contribution in [0.3, 0.4) is 0 Å². The molecule has 0 aliphatic heterocycles. The molecule has 0 fully saturated rings. The van der Waals surface area contributed by atoms with Gasteiger partial charge >= 0.3 is 5.97 Å². The van der Waals surface area contributed by atoms with Crippen LogP contribution < -0.4 is 5.73 Å². The van der Waals surface area contributed by atoms with Crippen molar-refractivity contribution < 1.29 is 14.7 Å². The average Bonchev–Trinajstić information content (AvgIpc) is 2.39. The van der Waals surface area contributed by atoms with Crippen molar-refractivity contribution in [2.45, 2.75) is 13.3 Å². The van der Waals surface area contributed by atoms with E-state index in [1.54, 1.807) is 31.2 Å². The zero-order valence-corrected chi connectivity index (χ0v) is 10.0. The van der Waals surface area contributed by atoms with Crippen LogP contribution in [0.15, 0.2) is 29.4 Å². The quantitative estimate of drug-likeness (QED) is 0.209. The number of esters is 1. The van der Waals surface area contributed by atoms with E-state index in [1.807, 2.05) is 0 Å². The van der Waals surface area contributed by atoms with E-state index in [0.717, 1.165) is 5.56 Å². The minimum Gasteiger partial charge on any atom is -0.465 e. The van der Waals surface area contributed by atoms with Gasteiger partial charge in [0.05, 0.1) is 6.61 Å². The van der Waals surface area contributed by atoms with Crippen LogP contribution in [-0.4, -0.2) is 23.6 Å². The van der Waals surface area contributed by atoms with Crippen LogP contribution in [0.5, 0.6) is 0 Å². The highest BCUT2D eigenvalue weighted by atomic mass is 16.5. The predicted molar refractivity (Wildman–Crippen MR) is 67.1 cm³/mol. The van der Waals surface area contributed by atoms with Gasteiger partial charge in [0.2, 0.25) is 0 Å². The van der Waals surface area contributed by atoms with Crippen LogP contribution in [0.1, 0.15) is 24.5 Å². The highest BCUT2D eigenvalue weighted by molar-refractivity contribution is 5.97. The number of hydrogen-bond donors (Lipinski definition) is 2. The SMILES string of the molecule is CCOC(=O)CC#Cc1ccc(C(N)=NO)cc1. The van der Waals surface area contributed by atoms with Crippen LogP contribution in [0, 0.1) is 11.8 Å². The molecule has 0 saturated carbocycles. The lowest BCUT2D eigenvalue weighted by Crippen LogP contribution is -2.12. The third kappa shape index (κ3) is 4.18. The summed E-state index contributed by atoms with van der Waals surface area (Å²) in [6, 6.07) is 6.82. The molecule has 1 rings (SSSR count). The first kappa shape index (κ1) is 13.6. The summed E-state index contributed by atoms with van der Waals surface area (Å²) in [6.45, 7) is 2.10. The van der Waals surface area contributed by atoms with Crippen molar-refractivity contribution in [3.63, 3.8) is 0 Å². The van der Waals surface area contributed by atoms with E-state index in [9.17, 15) is 4.79 Å². The maximum absolute atomic E-state index is 11.0. The molecule has 0 saturated heterocycles. The number of nitrogens with two attached hydrogens (primary N) is 1. The molecule has 94 valence electrons. The van der Waals surface area contributed by atoms with E-state index >= 15 is 0 Å². The van der Waals surface area contributed by atoms with Crippen LogP contribution in [0.25, 0.3) is 0 Å². The smallest absolute Gasteiger partial charge is 0.317 e. The monoisotopic (exact) mass is 246 g/mol. The fourth-order valence-corrected chi connectivity index (χ4v) is 1.21. The molecular weight excluding hydrogens is 232 g/mol. The third-order valence-electron chi connectivity index (χ3n) is 2.06. The highest BCUT2D eigenvalue weighted by Gasteiger charge is 1.98. The zero-order chi connectivity index (χ0) is 13.4. The van der Waals surface area contributed by atoms with E-state index in [0.29, 0.717) is 12.2 Å². The molecule has 0 spiro atoms. The van der Waals surface area contributed by atoms with Crippen molar-refractivity contribution >= 4 is 11.8 Å². The van der Waals surface area contributed by atoms with Gasteiger partial charge in [0.15, 0.2) is 5.84 Å². The molecule has 0 amide bonds. The van der Waals surface area contributed by atoms with Crippen LogP contribution in [-0.2, 0) is 9.53 Å². The Hall–Kier alpha value is -2.48. The molecule has 0 unspecified atom stereocenters. The summed E-state index contributed by atoms with van der Waals surface area (Å²) in [6.07, 6.45) is 0.0653. The number of carbonyl (C=O) groups excluding carboxylic acids is 1. The maximum atomic E-state index is 11.0. The number of oxime groups is 1. The first-order chi connectivity index (χ1) is 8.67. The normalized spacial score (nSPS) is 10.4. The summed E-state index contributed by atoms with van der Waals surface area (Å²) in [5.41, 5.74) is 6.77. The molecule has 5 heteroatoms. The van der Waals surface area contributed by atoms with Crippen molar-refractivity contribution in [1.29, 1.82) is 0 Å². The first-order valence-corrected chi connectivity index (χ1v) is 5.39. The van der Waals surface area contributed by atoms with Crippen molar-refractivity contribution in [3.05, 3.63) is 35.4 Å². The molecule has 0 aliphatic rings. The zero-order valence-electron chi connectivity index (χ0n) is 10.0. The van der Waals surface area contributed by atoms with Crippen molar-refractivity contribution in [2.24, 2.45) is 10.9 Å². The standard InChI is InChI=1S/C13H14N2O3/c1-2-18-12(16)5-3-4-10-6-8-11(9-7-10)13(14)15-17/h6-9,17H,2,5H2,1H3,(H2,14,15). The van der Waals surface area contributed by atoms with Gasteiger partial charge in [0.1, 0.15) is 6.42 Å². The number of amidine groups is 1. The second-order valence-corrected chi connectivity index (χ2v) is 3.35. The number of hydrogen-bond acceptors (Lipinski definition) is 4. The van der Waals surface area contributed by atoms with E-state index in [1.165, 1.54) is 0 Å². The van der Waals surface area contributed by atoms with Gasteiger partial charge in [-0.05, 0) is 31.2 Å². The maximum Gasteiger partial charge on any atom is 0.317 e. The van der Waals surface area contributed by atoms with E-state index in [-0.39, 0.29) is 18.2 Å².